The zero-order valence-electron chi connectivity index (χ0n) is 12.2. The fraction of sp³-hybridized carbons (Fsp3) is 0.125. The molecule has 0 bridgehead atoms. The highest BCUT2D eigenvalue weighted by Gasteiger charge is 2.16. The highest BCUT2D eigenvalue weighted by atomic mass is 16.5. The number of rotatable bonds is 3. The molecule has 0 aliphatic rings. The maximum Gasteiger partial charge on any atom is 0.314 e. The Morgan fingerprint density at radius 3 is 2.50 bits per heavy atom. The number of methoxy groups -OCH3 is 1. The van der Waals surface area contributed by atoms with Gasteiger partial charge in [0, 0.05) is 11.8 Å². The van der Waals surface area contributed by atoms with Gasteiger partial charge in [0.25, 0.3) is 0 Å². The number of hydrogen-bond donors (Lipinski definition) is 3. The second-order valence-electron chi connectivity index (χ2n) is 4.66. The number of hydrogen-bond acceptors (Lipinski definition) is 4. The van der Waals surface area contributed by atoms with E-state index in [0.29, 0.717) is 11.4 Å². The summed E-state index contributed by atoms with van der Waals surface area (Å²) in [5.74, 6) is -1.25. The van der Waals surface area contributed by atoms with E-state index in [-0.39, 0.29) is 11.4 Å². The maximum absolute atomic E-state index is 11.9. The van der Waals surface area contributed by atoms with E-state index in [1.165, 1.54) is 13.2 Å². The summed E-state index contributed by atoms with van der Waals surface area (Å²) in [5, 5.41) is 14.5. The number of carbonyl (C=O) groups excluding carboxylic acids is 2. The van der Waals surface area contributed by atoms with Crippen LogP contribution in [-0.4, -0.2) is 24.0 Å². The van der Waals surface area contributed by atoms with Gasteiger partial charge in [0.2, 0.25) is 0 Å². The first-order chi connectivity index (χ1) is 10.5. The van der Waals surface area contributed by atoms with Crippen LogP contribution in [0.3, 0.4) is 0 Å². The van der Waals surface area contributed by atoms with E-state index in [1.54, 1.807) is 36.4 Å². The summed E-state index contributed by atoms with van der Waals surface area (Å²) in [6, 6.07) is 11.4. The maximum atomic E-state index is 11.9. The lowest BCUT2D eigenvalue weighted by Gasteiger charge is -2.09. The molecule has 0 aliphatic carbocycles. The summed E-state index contributed by atoms with van der Waals surface area (Å²) in [7, 11) is 1.51. The lowest BCUT2D eigenvalue weighted by Crippen LogP contribution is -2.29. The number of ether oxygens (including phenoxy) is 1. The summed E-state index contributed by atoms with van der Waals surface area (Å²) < 4.78 is 5.04. The Hall–Kier alpha value is -3.02. The van der Waals surface area contributed by atoms with Crippen molar-refractivity contribution >= 4 is 23.2 Å². The van der Waals surface area contributed by atoms with Crippen LogP contribution in [0.2, 0.25) is 0 Å². The van der Waals surface area contributed by atoms with Crippen LogP contribution in [0.5, 0.6) is 11.5 Å². The predicted octanol–water partition coefficient (Wildman–Crippen LogP) is 2.29. The summed E-state index contributed by atoms with van der Waals surface area (Å²) >= 11 is 0. The average Bonchev–Trinajstić information content (AvgIpc) is 2.51. The van der Waals surface area contributed by atoms with E-state index in [9.17, 15) is 14.7 Å². The standard InChI is InChI=1S/C16H16N2O4/c1-10-6-7-14(19)13(8-10)18-16(21)15(20)17-11-4-3-5-12(9-11)22-2/h3-9,19H,1-2H3,(H,17,20)(H,18,21). The molecule has 6 nitrogen and oxygen atoms in total. The first-order valence-electron chi connectivity index (χ1n) is 6.55. The molecule has 0 spiro atoms. The molecule has 22 heavy (non-hydrogen) atoms. The van der Waals surface area contributed by atoms with Crippen LogP contribution in [0.4, 0.5) is 11.4 Å². The Kier molecular flexibility index (Phi) is 4.63. The normalized spacial score (nSPS) is 9.91. The summed E-state index contributed by atoms with van der Waals surface area (Å²) in [6.07, 6.45) is 0. The minimum absolute atomic E-state index is 0.104. The van der Waals surface area contributed by atoms with E-state index >= 15 is 0 Å². The van der Waals surface area contributed by atoms with Gasteiger partial charge in [-0.25, -0.2) is 0 Å². The van der Waals surface area contributed by atoms with Gasteiger partial charge in [-0.2, -0.15) is 0 Å². The van der Waals surface area contributed by atoms with Gasteiger partial charge >= 0.3 is 11.8 Å². The minimum Gasteiger partial charge on any atom is -0.506 e. The third kappa shape index (κ3) is 3.76. The number of nitrogens with one attached hydrogen (secondary N) is 2. The van der Waals surface area contributed by atoms with Crippen molar-refractivity contribution in [3.8, 4) is 11.5 Å². The quantitative estimate of drug-likeness (QED) is 0.599. The molecule has 0 unspecified atom stereocenters. The fourth-order valence-electron chi connectivity index (χ4n) is 1.82. The average molecular weight is 300 g/mol. The second-order valence-corrected chi connectivity index (χ2v) is 4.66. The van der Waals surface area contributed by atoms with Crippen LogP contribution in [0.25, 0.3) is 0 Å². The molecule has 0 saturated heterocycles. The number of aromatic hydroxyl groups is 1. The molecule has 0 heterocycles. The van der Waals surface area contributed by atoms with Crippen LogP contribution < -0.4 is 15.4 Å². The summed E-state index contributed by atoms with van der Waals surface area (Å²) in [6.45, 7) is 1.81. The topological polar surface area (TPSA) is 87.7 Å². The molecule has 0 radical (unpaired) electrons. The van der Waals surface area contributed by atoms with Crippen LogP contribution in [0.1, 0.15) is 5.56 Å². The van der Waals surface area contributed by atoms with Crippen molar-refractivity contribution in [2.24, 2.45) is 0 Å². The van der Waals surface area contributed by atoms with E-state index in [1.807, 2.05) is 6.92 Å². The monoisotopic (exact) mass is 300 g/mol. The van der Waals surface area contributed by atoms with Crippen molar-refractivity contribution in [3.05, 3.63) is 48.0 Å². The van der Waals surface area contributed by atoms with E-state index in [0.717, 1.165) is 5.56 Å². The van der Waals surface area contributed by atoms with Crippen LogP contribution in [0, 0.1) is 6.92 Å². The molecular weight excluding hydrogens is 284 g/mol. The zero-order valence-corrected chi connectivity index (χ0v) is 12.2. The molecule has 0 saturated carbocycles. The van der Waals surface area contributed by atoms with Gasteiger partial charge in [0.1, 0.15) is 11.5 Å². The van der Waals surface area contributed by atoms with E-state index < -0.39 is 11.8 Å². The molecule has 2 aromatic carbocycles. The van der Waals surface area contributed by atoms with Gasteiger partial charge in [0.15, 0.2) is 0 Å². The van der Waals surface area contributed by atoms with E-state index in [4.69, 9.17) is 4.74 Å². The van der Waals surface area contributed by atoms with Crippen LogP contribution in [0.15, 0.2) is 42.5 Å². The molecular formula is C16H16N2O4. The van der Waals surface area contributed by atoms with Crippen LogP contribution in [-0.2, 0) is 9.59 Å². The lowest BCUT2D eigenvalue weighted by molar-refractivity contribution is -0.133. The van der Waals surface area contributed by atoms with Gasteiger partial charge in [0.05, 0.1) is 12.8 Å². The van der Waals surface area contributed by atoms with Crippen molar-refractivity contribution in [2.45, 2.75) is 6.92 Å². The Morgan fingerprint density at radius 1 is 1.05 bits per heavy atom. The fourth-order valence-corrected chi connectivity index (χ4v) is 1.82. The first kappa shape index (κ1) is 15.4. The number of benzene rings is 2. The molecule has 0 aliphatic heterocycles. The van der Waals surface area contributed by atoms with Crippen molar-refractivity contribution in [1.29, 1.82) is 0 Å². The Labute approximate surface area is 127 Å². The van der Waals surface area contributed by atoms with Gasteiger partial charge in [-0.15, -0.1) is 0 Å². The summed E-state index contributed by atoms with van der Waals surface area (Å²) in [4.78, 5) is 23.7. The van der Waals surface area contributed by atoms with Gasteiger partial charge in [-0.05, 0) is 36.8 Å². The molecule has 2 rings (SSSR count). The molecule has 3 N–H and O–H groups in total. The van der Waals surface area contributed by atoms with Gasteiger partial charge in [-0.3, -0.25) is 9.59 Å². The van der Waals surface area contributed by atoms with Gasteiger partial charge in [-0.1, -0.05) is 12.1 Å². The Balaban J connectivity index is 2.06. The Bertz CT molecular complexity index is 713. The van der Waals surface area contributed by atoms with Crippen LogP contribution >= 0.6 is 0 Å². The highest BCUT2D eigenvalue weighted by Crippen LogP contribution is 2.24. The SMILES string of the molecule is COc1cccc(NC(=O)C(=O)Nc2cc(C)ccc2O)c1. The lowest BCUT2D eigenvalue weighted by atomic mass is 10.2. The minimum atomic E-state index is -0.872. The third-order valence-corrected chi connectivity index (χ3v) is 2.93. The molecule has 6 heteroatoms. The number of carbonyl (C=O) groups is 2. The smallest absolute Gasteiger partial charge is 0.314 e. The molecule has 0 fully saturated rings. The number of phenolic OH excluding ortho intramolecular Hbond substituents is 1. The third-order valence-electron chi connectivity index (χ3n) is 2.93. The first-order valence-corrected chi connectivity index (χ1v) is 6.55. The number of amides is 2. The number of aryl methyl sites for hydroxylation is 1. The molecule has 0 atom stereocenters. The van der Waals surface area contributed by atoms with Crippen molar-refractivity contribution in [2.75, 3.05) is 17.7 Å². The molecule has 2 aromatic rings. The second kappa shape index (κ2) is 6.62. The molecule has 2 amide bonds. The van der Waals surface area contributed by atoms with Gasteiger partial charge < -0.3 is 20.5 Å². The number of phenols is 1. The predicted molar refractivity (Wildman–Crippen MR) is 83.1 cm³/mol. The van der Waals surface area contributed by atoms with Crippen molar-refractivity contribution in [3.63, 3.8) is 0 Å². The summed E-state index contributed by atoms with van der Waals surface area (Å²) in [5.41, 5.74) is 1.47. The van der Waals surface area contributed by atoms with E-state index in [2.05, 4.69) is 10.6 Å². The zero-order chi connectivity index (χ0) is 16.1. The molecule has 114 valence electrons. The number of anilines is 2. The molecule has 0 aromatic heterocycles. The van der Waals surface area contributed by atoms with Crippen molar-refractivity contribution in [1.82, 2.24) is 0 Å². The highest BCUT2D eigenvalue weighted by molar-refractivity contribution is 6.43. The largest absolute Gasteiger partial charge is 0.506 e. The Morgan fingerprint density at radius 2 is 1.77 bits per heavy atom. The van der Waals surface area contributed by atoms with Crippen molar-refractivity contribution < 1.29 is 19.4 Å².